The van der Waals surface area contributed by atoms with E-state index in [1.54, 1.807) is 0 Å². The summed E-state index contributed by atoms with van der Waals surface area (Å²) in [4.78, 5) is 2.64. The molecule has 0 aromatic rings. The molecule has 94 valence electrons. The minimum absolute atomic E-state index is 0.807. The van der Waals surface area contributed by atoms with E-state index >= 15 is 0 Å². The van der Waals surface area contributed by atoms with Crippen LogP contribution in [-0.2, 0) is 0 Å². The van der Waals surface area contributed by atoms with E-state index in [2.05, 4.69) is 24.1 Å². The number of nitrogens with one attached hydrogen (secondary N) is 1. The molecule has 0 heterocycles. The molecule has 0 radical (unpaired) electrons. The summed E-state index contributed by atoms with van der Waals surface area (Å²) in [5, 5.41) is 3.76. The Bertz CT molecular complexity index is 201. The molecule has 2 fully saturated rings. The van der Waals surface area contributed by atoms with Crippen molar-refractivity contribution in [3.8, 4) is 0 Å². The van der Waals surface area contributed by atoms with E-state index in [4.69, 9.17) is 0 Å². The van der Waals surface area contributed by atoms with Crippen LogP contribution in [0.2, 0.25) is 0 Å². The molecule has 0 aromatic heterocycles. The molecule has 0 aromatic carbocycles. The molecule has 2 unspecified atom stereocenters. The van der Waals surface area contributed by atoms with Crippen LogP contribution in [0.25, 0.3) is 0 Å². The lowest BCUT2D eigenvalue weighted by atomic mass is 9.87. The van der Waals surface area contributed by atoms with Crippen molar-refractivity contribution in [1.82, 2.24) is 10.2 Å². The Hall–Kier alpha value is -0.0800. The Labute approximate surface area is 101 Å². The summed E-state index contributed by atoms with van der Waals surface area (Å²) in [6.45, 7) is 8.37. The molecule has 2 atom stereocenters. The van der Waals surface area contributed by atoms with Gasteiger partial charge in [0, 0.05) is 25.2 Å². The van der Waals surface area contributed by atoms with Gasteiger partial charge in [-0.2, -0.15) is 0 Å². The van der Waals surface area contributed by atoms with Crippen molar-refractivity contribution in [3.05, 3.63) is 0 Å². The highest BCUT2D eigenvalue weighted by Crippen LogP contribution is 2.26. The summed E-state index contributed by atoms with van der Waals surface area (Å²) in [5.74, 6) is 0.942. The number of likely N-dealkylation sites (N-methyl/N-ethyl adjacent to an activating group) is 1. The van der Waals surface area contributed by atoms with Gasteiger partial charge in [0.2, 0.25) is 0 Å². The second kappa shape index (κ2) is 6.02. The summed E-state index contributed by atoms with van der Waals surface area (Å²) in [6.07, 6.45) is 8.55. The molecular formula is C14H28N2. The van der Waals surface area contributed by atoms with Crippen LogP contribution in [0.4, 0.5) is 0 Å². The fourth-order valence-electron chi connectivity index (χ4n) is 3.07. The summed E-state index contributed by atoms with van der Waals surface area (Å²) < 4.78 is 0. The fourth-order valence-corrected chi connectivity index (χ4v) is 3.07. The van der Waals surface area contributed by atoms with Crippen molar-refractivity contribution in [1.29, 1.82) is 0 Å². The van der Waals surface area contributed by atoms with E-state index < -0.39 is 0 Å². The van der Waals surface area contributed by atoms with E-state index in [9.17, 15) is 0 Å². The SMILES string of the molecule is CCN(CCNC1CCCC(C)C1)C1CC1. The lowest BCUT2D eigenvalue weighted by Crippen LogP contribution is -2.39. The average Bonchev–Trinajstić information content (AvgIpc) is 3.08. The zero-order valence-electron chi connectivity index (χ0n) is 11.0. The first-order valence-electron chi connectivity index (χ1n) is 7.27. The standard InChI is InChI=1S/C14H28N2/c1-3-16(14-7-8-14)10-9-15-13-6-4-5-12(2)11-13/h12-15H,3-11H2,1-2H3. The van der Waals surface area contributed by atoms with E-state index in [1.165, 1.54) is 58.2 Å². The van der Waals surface area contributed by atoms with Gasteiger partial charge in [-0.1, -0.05) is 26.7 Å². The van der Waals surface area contributed by atoms with Gasteiger partial charge in [0.05, 0.1) is 0 Å². The summed E-state index contributed by atoms with van der Waals surface area (Å²) in [5.41, 5.74) is 0. The highest BCUT2D eigenvalue weighted by molar-refractivity contribution is 4.84. The van der Waals surface area contributed by atoms with Crippen LogP contribution >= 0.6 is 0 Å². The highest BCUT2D eigenvalue weighted by Gasteiger charge is 2.27. The summed E-state index contributed by atoms with van der Waals surface area (Å²) >= 11 is 0. The topological polar surface area (TPSA) is 15.3 Å². The molecule has 0 spiro atoms. The molecule has 0 bridgehead atoms. The zero-order valence-corrected chi connectivity index (χ0v) is 11.0. The van der Waals surface area contributed by atoms with Crippen molar-refractivity contribution in [2.24, 2.45) is 5.92 Å². The minimum atomic E-state index is 0.807. The normalized spacial score (nSPS) is 30.9. The molecule has 0 saturated heterocycles. The van der Waals surface area contributed by atoms with Gasteiger partial charge in [0.1, 0.15) is 0 Å². The van der Waals surface area contributed by atoms with E-state index in [0.717, 1.165) is 18.0 Å². The molecule has 2 heteroatoms. The van der Waals surface area contributed by atoms with Crippen LogP contribution in [0, 0.1) is 5.92 Å². The third-order valence-electron chi connectivity index (χ3n) is 4.24. The molecule has 2 aliphatic rings. The largest absolute Gasteiger partial charge is 0.313 e. The van der Waals surface area contributed by atoms with Crippen LogP contribution < -0.4 is 5.32 Å². The van der Waals surface area contributed by atoms with E-state index in [-0.39, 0.29) is 0 Å². The number of nitrogens with zero attached hydrogens (tertiary/aromatic N) is 1. The van der Waals surface area contributed by atoms with Gasteiger partial charge >= 0.3 is 0 Å². The molecule has 1 N–H and O–H groups in total. The van der Waals surface area contributed by atoms with Crippen LogP contribution in [0.5, 0.6) is 0 Å². The third-order valence-corrected chi connectivity index (χ3v) is 4.24. The highest BCUT2D eigenvalue weighted by atomic mass is 15.2. The van der Waals surface area contributed by atoms with Crippen LogP contribution in [0.1, 0.15) is 52.4 Å². The lowest BCUT2D eigenvalue weighted by molar-refractivity contribution is 0.252. The Morgan fingerprint density at radius 3 is 2.62 bits per heavy atom. The molecule has 2 rings (SSSR count). The van der Waals surface area contributed by atoms with Gasteiger partial charge in [-0.05, 0) is 38.1 Å². The Kier molecular flexibility index (Phi) is 4.66. The van der Waals surface area contributed by atoms with Gasteiger partial charge in [0.25, 0.3) is 0 Å². The Balaban J connectivity index is 1.59. The maximum Gasteiger partial charge on any atom is 0.0110 e. The van der Waals surface area contributed by atoms with E-state index in [1.807, 2.05) is 0 Å². The molecule has 2 saturated carbocycles. The number of hydrogen-bond donors (Lipinski definition) is 1. The van der Waals surface area contributed by atoms with E-state index in [0.29, 0.717) is 0 Å². The maximum atomic E-state index is 3.76. The van der Waals surface area contributed by atoms with Crippen LogP contribution in [0.15, 0.2) is 0 Å². The quantitative estimate of drug-likeness (QED) is 0.746. The zero-order chi connectivity index (χ0) is 11.4. The second-order valence-corrected chi connectivity index (χ2v) is 5.78. The van der Waals surface area contributed by atoms with Gasteiger partial charge in [-0.25, -0.2) is 0 Å². The first kappa shape index (κ1) is 12.4. The minimum Gasteiger partial charge on any atom is -0.313 e. The molecular weight excluding hydrogens is 196 g/mol. The first-order chi connectivity index (χ1) is 7.79. The molecule has 2 aliphatic carbocycles. The maximum absolute atomic E-state index is 3.76. The van der Waals surface area contributed by atoms with Crippen molar-refractivity contribution in [2.45, 2.75) is 64.5 Å². The number of rotatable bonds is 6. The lowest BCUT2D eigenvalue weighted by Gasteiger charge is -2.29. The fraction of sp³-hybridized carbons (Fsp3) is 1.00. The van der Waals surface area contributed by atoms with Crippen LogP contribution in [-0.4, -0.2) is 36.6 Å². The predicted octanol–water partition coefficient (Wildman–Crippen LogP) is 2.64. The van der Waals surface area contributed by atoms with Gasteiger partial charge in [-0.3, -0.25) is 4.90 Å². The van der Waals surface area contributed by atoms with Gasteiger partial charge in [0.15, 0.2) is 0 Å². The first-order valence-corrected chi connectivity index (χ1v) is 7.27. The second-order valence-electron chi connectivity index (χ2n) is 5.78. The van der Waals surface area contributed by atoms with Gasteiger partial charge < -0.3 is 5.32 Å². The monoisotopic (exact) mass is 224 g/mol. The van der Waals surface area contributed by atoms with Crippen molar-refractivity contribution in [3.63, 3.8) is 0 Å². The Morgan fingerprint density at radius 2 is 2.00 bits per heavy atom. The molecule has 16 heavy (non-hydrogen) atoms. The van der Waals surface area contributed by atoms with Crippen molar-refractivity contribution >= 4 is 0 Å². The van der Waals surface area contributed by atoms with Crippen LogP contribution in [0.3, 0.4) is 0 Å². The van der Waals surface area contributed by atoms with Gasteiger partial charge in [-0.15, -0.1) is 0 Å². The molecule has 0 amide bonds. The summed E-state index contributed by atoms with van der Waals surface area (Å²) in [7, 11) is 0. The predicted molar refractivity (Wildman–Crippen MR) is 69.7 cm³/mol. The summed E-state index contributed by atoms with van der Waals surface area (Å²) in [6, 6.07) is 1.73. The molecule has 2 nitrogen and oxygen atoms in total. The third kappa shape index (κ3) is 3.74. The smallest absolute Gasteiger partial charge is 0.0110 e. The Morgan fingerprint density at radius 1 is 1.19 bits per heavy atom. The number of hydrogen-bond acceptors (Lipinski definition) is 2. The molecule has 0 aliphatic heterocycles. The van der Waals surface area contributed by atoms with Crippen molar-refractivity contribution in [2.75, 3.05) is 19.6 Å². The average molecular weight is 224 g/mol. The van der Waals surface area contributed by atoms with Crippen molar-refractivity contribution < 1.29 is 0 Å².